The summed E-state index contributed by atoms with van der Waals surface area (Å²) in [6.07, 6.45) is 1.96. The summed E-state index contributed by atoms with van der Waals surface area (Å²) in [7, 11) is -1.93. The number of hydrogen-bond acceptors (Lipinski definition) is 5. The Morgan fingerprint density at radius 2 is 1.95 bits per heavy atom. The highest BCUT2D eigenvalue weighted by molar-refractivity contribution is 9.10. The molecule has 0 aliphatic rings. The van der Waals surface area contributed by atoms with Crippen molar-refractivity contribution in [1.82, 2.24) is 5.32 Å². The van der Waals surface area contributed by atoms with Crippen molar-refractivity contribution in [1.29, 1.82) is 0 Å². The molecule has 1 heterocycles. The average Bonchev–Trinajstić information content (AvgIpc) is 2.81. The Hall–Kier alpha value is -0.960. The number of hydrogen-bond donors (Lipinski definition) is 2. The van der Waals surface area contributed by atoms with Gasteiger partial charge in [-0.2, -0.15) is 0 Å². The molecule has 21 heavy (non-hydrogen) atoms. The normalized spacial score (nSPS) is 11.6. The molecular formula is C13H15BrN2O3S2. The lowest BCUT2D eigenvalue weighted by Gasteiger charge is -2.07. The minimum absolute atomic E-state index is 0.0849. The van der Waals surface area contributed by atoms with E-state index in [9.17, 15) is 8.42 Å². The zero-order valence-corrected chi connectivity index (χ0v) is 14.7. The van der Waals surface area contributed by atoms with Crippen LogP contribution in [0.2, 0.25) is 0 Å². The van der Waals surface area contributed by atoms with E-state index in [4.69, 9.17) is 4.42 Å². The summed E-state index contributed by atoms with van der Waals surface area (Å²) in [6.45, 7) is 0.455. The van der Waals surface area contributed by atoms with E-state index >= 15 is 0 Å². The second-order valence-corrected chi connectivity index (χ2v) is 7.47. The molecule has 0 saturated carbocycles. The molecule has 0 fully saturated rings. The van der Waals surface area contributed by atoms with E-state index in [1.54, 1.807) is 30.9 Å². The molecule has 0 unspecified atom stereocenters. The molecule has 5 nitrogen and oxygen atoms in total. The predicted molar refractivity (Wildman–Crippen MR) is 88.2 cm³/mol. The Morgan fingerprint density at radius 1 is 1.29 bits per heavy atom. The number of sulfonamides is 1. The van der Waals surface area contributed by atoms with E-state index in [2.05, 4.69) is 26.0 Å². The molecule has 0 aliphatic carbocycles. The van der Waals surface area contributed by atoms with E-state index in [1.807, 2.05) is 18.4 Å². The highest BCUT2D eigenvalue weighted by Crippen LogP contribution is 2.28. The van der Waals surface area contributed by atoms with Gasteiger partial charge in [0.1, 0.15) is 10.7 Å². The van der Waals surface area contributed by atoms with Crippen LogP contribution in [-0.4, -0.2) is 21.7 Å². The SMILES string of the molecule is CNCc1cc(S(=O)(=O)Nc2ccc(SC)cc2)c(Br)o1. The van der Waals surface area contributed by atoms with Gasteiger partial charge in [0, 0.05) is 16.6 Å². The highest BCUT2D eigenvalue weighted by atomic mass is 79.9. The zero-order valence-electron chi connectivity index (χ0n) is 11.5. The second kappa shape index (κ2) is 6.87. The van der Waals surface area contributed by atoms with Crippen LogP contribution in [0, 0.1) is 0 Å². The van der Waals surface area contributed by atoms with E-state index in [-0.39, 0.29) is 9.56 Å². The molecule has 0 spiro atoms. The van der Waals surface area contributed by atoms with Gasteiger partial charge in [0.25, 0.3) is 10.0 Å². The first-order valence-electron chi connectivity index (χ1n) is 6.06. The van der Waals surface area contributed by atoms with Gasteiger partial charge in [0.15, 0.2) is 4.67 Å². The fourth-order valence-electron chi connectivity index (χ4n) is 1.71. The Labute approximate surface area is 136 Å². The summed E-state index contributed by atoms with van der Waals surface area (Å²) in [4.78, 5) is 1.15. The topological polar surface area (TPSA) is 71.3 Å². The molecule has 1 aromatic heterocycles. The second-order valence-electron chi connectivity index (χ2n) is 4.21. The van der Waals surface area contributed by atoms with E-state index in [1.165, 1.54) is 6.07 Å². The Balaban J connectivity index is 2.24. The van der Waals surface area contributed by atoms with Crippen molar-refractivity contribution in [2.24, 2.45) is 0 Å². The van der Waals surface area contributed by atoms with Gasteiger partial charge in [0.2, 0.25) is 0 Å². The van der Waals surface area contributed by atoms with E-state index in [0.717, 1.165) is 4.90 Å². The van der Waals surface area contributed by atoms with Gasteiger partial charge in [-0.15, -0.1) is 11.8 Å². The first-order chi connectivity index (χ1) is 9.96. The van der Waals surface area contributed by atoms with Crippen LogP contribution in [0.1, 0.15) is 5.76 Å². The van der Waals surface area contributed by atoms with Crippen molar-refractivity contribution in [3.63, 3.8) is 0 Å². The smallest absolute Gasteiger partial charge is 0.266 e. The molecule has 0 amide bonds. The lowest BCUT2D eigenvalue weighted by atomic mass is 10.3. The predicted octanol–water partition coefficient (Wildman–Crippen LogP) is 3.28. The molecule has 0 saturated heterocycles. The third kappa shape index (κ3) is 4.03. The third-order valence-electron chi connectivity index (χ3n) is 2.69. The molecule has 2 N–H and O–H groups in total. The molecule has 8 heteroatoms. The fourth-order valence-corrected chi connectivity index (χ4v) is 4.18. The summed E-state index contributed by atoms with van der Waals surface area (Å²) in [6, 6.07) is 8.68. The largest absolute Gasteiger partial charge is 0.451 e. The molecule has 2 rings (SSSR count). The van der Waals surface area contributed by atoms with Gasteiger partial charge in [-0.3, -0.25) is 4.72 Å². The third-order valence-corrected chi connectivity index (χ3v) is 5.67. The molecule has 114 valence electrons. The quantitative estimate of drug-likeness (QED) is 0.740. The van der Waals surface area contributed by atoms with Gasteiger partial charge in [-0.25, -0.2) is 8.42 Å². The lowest BCUT2D eigenvalue weighted by molar-refractivity contribution is 0.470. The number of rotatable bonds is 6. The molecule has 1 aromatic carbocycles. The maximum Gasteiger partial charge on any atom is 0.266 e. The average molecular weight is 391 g/mol. The van der Waals surface area contributed by atoms with Gasteiger partial charge >= 0.3 is 0 Å². The van der Waals surface area contributed by atoms with Gasteiger partial charge in [-0.05, 0) is 53.5 Å². The number of thioether (sulfide) groups is 1. The van der Waals surface area contributed by atoms with Crippen molar-refractivity contribution >= 4 is 43.4 Å². The van der Waals surface area contributed by atoms with Crippen molar-refractivity contribution in [2.45, 2.75) is 16.3 Å². The van der Waals surface area contributed by atoms with Crippen LogP contribution in [0.25, 0.3) is 0 Å². The van der Waals surface area contributed by atoms with Crippen LogP contribution in [-0.2, 0) is 16.6 Å². The minimum Gasteiger partial charge on any atom is -0.451 e. The van der Waals surface area contributed by atoms with Gasteiger partial charge in [0.05, 0.1) is 6.54 Å². The summed E-state index contributed by atoms with van der Waals surface area (Å²) >= 11 is 4.74. The van der Waals surface area contributed by atoms with E-state index < -0.39 is 10.0 Å². The van der Waals surface area contributed by atoms with Crippen LogP contribution in [0.3, 0.4) is 0 Å². The molecule has 0 aliphatic heterocycles. The Kier molecular flexibility index (Phi) is 5.37. The first kappa shape index (κ1) is 16.4. The fraction of sp³-hybridized carbons (Fsp3) is 0.231. The maximum absolute atomic E-state index is 12.4. The van der Waals surface area contributed by atoms with Crippen LogP contribution in [0.4, 0.5) is 5.69 Å². The lowest BCUT2D eigenvalue weighted by Crippen LogP contribution is -2.12. The molecule has 0 atom stereocenters. The van der Waals surface area contributed by atoms with Crippen LogP contribution >= 0.6 is 27.7 Å². The molecule has 0 bridgehead atoms. The Morgan fingerprint density at radius 3 is 2.52 bits per heavy atom. The number of benzene rings is 1. The number of furan rings is 1. The highest BCUT2D eigenvalue weighted by Gasteiger charge is 2.22. The molecule has 0 radical (unpaired) electrons. The summed E-state index contributed by atoms with van der Waals surface area (Å²) in [5.41, 5.74) is 0.510. The van der Waals surface area contributed by atoms with Crippen molar-refractivity contribution in [3.05, 3.63) is 40.8 Å². The van der Waals surface area contributed by atoms with E-state index in [0.29, 0.717) is 18.0 Å². The summed E-state index contributed by atoms with van der Waals surface area (Å²) < 4.78 is 32.8. The minimum atomic E-state index is -3.69. The van der Waals surface area contributed by atoms with Gasteiger partial charge < -0.3 is 9.73 Å². The standard InChI is InChI=1S/C13H15BrN2O3S2/c1-15-8-10-7-12(13(14)19-10)21(17,18)16-9-3-5-11(20-2)6-4-9/h3-7,15-16H,8H2,1-2H3. The Bertz CT molecular complexity index is 712. The van der Waals surface area contributed by atoms with Crippen molar-refractivity contribution in [3.8, 4) is 0 Å². The number of halogens is 1. The monoisotopic (exact) mass is 390 g/mol. The van der Waals surface area contributed by atoms with Crippen molar-refractivity contribution < 1.29 is 12.8 Å². The van der Waals surface area contributed by atoms with Crippen LogP contribution in [0.15, 0.2) is 49.2 Å². The number of nitrogens with one attached hydrogen (secondary N) is 2. The van der Waals surface area contributed by atoms with Crippen LogP contribution < -0.4 is 10.0 Å². The molecule has 2 aromatic rings. The number of anilines is 1. The first-order valence-corrected chi connectivity index (χ1v) is 9.56. The van der Waals surface area contributed by atoms with Gasteiger partial charge in [-0.1, -0.05) is 0 Å². The summed E-state index contributed by atoms with van der Waals surface area (Å²) in [5, 5.41) is 2.91. The zero-order chi connectivity index (χ0) is 15.5. The maximum atomic E-state index is 12.4. The van der Waals surface area contributed by atoms with Crippen molar-refractivity contribution in [2.75, 3.05) is 18.0 Å². The molecular weight excluding hydrogens is 376 g/mol. The summed E-state index contributed by atoms with van der Waals surface area (Å²) in [5.74, 6) is 0.544. The van der Waals surface area contributed by atoms with Crippen LogP contribution in [0.5, 0.6) is 0 Å².